The lowest BCUT2D eigenvalue weighted by atomic mass is 10.0. The number of nitrogens with zero attached hydrogens (tertiary/aromatic N) is 1. The highest BCUT2D eigenvalue weighted by Crippen LogP contribution is 2.30. The van der Waals surface area contributed by atoms with Crippen molar-refractivity contribution in [2.45, 2.75) is 38.2 Å². The smallest absolute Gasteiger partial charge is 0.271 e. The Labute approximate surface area is 106 Å². The molecule has 0 bridgehead atoms. The van der Waals surface area contributed by atoms with E-state index in [1.807, 2.05) is 6.92 Å². The van der Waals surface area contributed by atoms with Gasteiger partial charge in [0.15, 0.2) is 0 Å². The average molecular weight is 250 g/mol. The van der Waals surface area contributed by atoms with E-state index in [-0.39, 0.29) is 5.69 Å². The van der Waals surface area contributed by atoms with Crippen LogP contribution >= 0.6 is 0 Å². The maximum absolute atomic E-state index is 10.7. The normalized spacial score (nSPS) is 17.7. The Kier molecular flexibility index (Phi) is 3.52. The minimum atomic E-state index is -0.656. The zero-order chi connectivity index (χ0) is 13.2. The maximum Gasteiger partial charge on any atom is 0.271 e. The molecule has 98 valence electrons. The van der Waals surface area contributed by atoms with Crippen LogP contribution in [0.15, 0.2) is 18.2 Å². The fourth-order valence-electron chi connectivity index (χ4n) is 2.38. The van der Waals surface area contributed by atoms with E-state index in [2.05, 4.69) is 5.32 Å². The third-order valence-electron chi connectivity index (χ3n) is 3.57. The molecule has 0 unspecified atom stereocenters. The number of anilines is 1. The van der Waals surface area contributed by atoms with E-state index in [1.54, 1.807) is 6.07 Å². The van der Waals surface area contributed by atoms with Crippen molar-refractivity contribution in [3.63, 3.8) is 0 Å². The molecule has 2 rings (SSSR count). The molecule has 1 aromatic rings. The second-order valence-corrected chi connectivity index (χ2v) is 5.04. The van der Waals surface area contributed by atoms with Gasteiger partial charge in [-0.2, -0.15) is 0 Å². The molecule has 1 fully saturated rings. The minimum Gasteiger partial charge on any atom is -0.388 e. The van der Waals surface area contributed by atoms with Crippen LogP contribution in [-0.4, -0.2) is 22.2 Å². The summed E-state index contributed by atoms with van der Waals surface area (Å²) in [5, 5.41) is 24.1. The summed E-state index contributed by atoms with van der Waals surface area (Å²) in [5.74, 6) is 0. The predicted molar refractivity (Wildman–Crippen MR) is 69.7 cm³/mol. The Balaban J connectivity index is 2.08. The Hall–Kier alpha value is -1.62. The summed E-state index contributed by atoms with van der Waals surface area (Å²) in [4.78, 5) is 10.3. The zero-order valence-electron chi connectivity index (χ0n) is 10.5. The first-order valence-corrected chi connectivity index (χ1v) is 6.21. The summed E-state index contributed by atoms with van der Waals surface area (Å²) in [5.41, 5.74) is 1.09. The average Bonchev–Trinajstić information content (AvgIpc) is 2.75. The minimum absolute atomic E-state index is 0.0708. The van der Waals surface area contributed by atoms with Gasteiger partial charge in [-0.05, 0) is 25.3 Å². The highest BCUT2D eigenvalue weighted by Gasteiger charge is 2.30. The molecule has 0 atom stereocenters. The van der Waals surface area contributed by atoms with Crippen LogP contribution in [0.1, 0.15) is 31.2 Å². The topological polar surface area (TPSA) is 75.4 Å². The molecule has 0 aromatic heterocycles. The molecule has 2 N–H and O–H groups in total. The first-order chi connectivity index (χ1) is 8.50. The molecule has 18 heavy (non-hydrogen) atoms. The van der Waals surface area contributed by atoms with Gasteiger partial charge >= 0.3 is 0 Å². The van der Waals surface area contributed by atoms with Crippen LogP contribution < -0.4 is 5.32 Å². The lowest BCUT2D eigenvalue weighted by Crippen LogP contribution is -2.33. The first-order valence-electron chi connectivity index (χ1n) is 6.21. The molecular formula is C13H18N2O3. The van der Waals surface area contributed by atoms with E-state index < -0.39 is 10.5 Å². The van der Waals surface area contributed by atoms with Gasteiger partial charge in [-0.1, -0.05) is 18.9 Å². The molecular weight excluding hydrogens is 232 g/mol. The number of rotatable bonds is 4. The number of nitro benzene ring substituents is 1. The summed E-state index contributed by atoms with van der Waals surface area (Å²) in [6.45, 7) is 2.35. The van der Waals surface area contributed by atoms with Crippen molar-refractivity contribution in [2.24, 2.45) is 0 Å². The van der Waals surface area contributed by atoms with Gasteiger partial charge in [-0.15, -0.1) is 0 Å². The van der Waals surface area contributed by atoms with Gasteiger partial charge in [0.1, 0.15) is 0 Å². The van der Waals surface area contributed by atoms with Crippen LogP contribution in [-0.2, 0) is 0 Å². The van der Waals surface area contributed by atoms with Gasteiger partial charge in [0.05, 0.1) is 10.5 Å². The summed E-state index contributed by atoms with van der Waals surface area (Å²) < 4.78 is 0. The molecule has 5 nitrogen and oxygen atoms in total. The van der Waals surface area contributed by atoms with E-state index in [1.165, 1.54) is 12.1 Å². The Bertz CT molecular complexity index is 454. The van der Waals surface area contributed by atoms with Gasteiger partial charge in [0.25, 0.3) is 5.69 Å². The van der Waals surface area contributed by atoms with E-state index >= 15 is 0 Å². The van der Waals surface area contributed by atoms with E-state index in [9.17, 15) is 15.2 Å². The van der Waals surface area contributed by atoms with Crippen molar-refractivity contribution < 1.29 is 10.0 Å². The molecule has 0 amide bonds. The van der Waals surface area contributed by atoms with Gasteiger partial charge < -0.3 is 10.4 Å². The Morgan fingerprint density at radius 2 is 2.11 bits per heavy atom. The van der Waals surface area contributed by atoms with Crippen molar-refractivity contribution in [3.05, 3.63) is 33.9 Å². The highest BCUT2D eigenvalue weighted by atomic mass is 16.6. The van der Waals surface area contributed by atoms with Crippen LogP contribution in [0.4, 0.5) is 11.4 Å². The third-order valence-corrected chi connectivity index (χ3v) is 3.57. The van der Waals surface area contributed by atoms with Crippen molar-refractivity contribution in [2.75, 3.05) is 11.9 Å². The van der Waals surface area contributed by atoms with Crippen molar-refractivity contribution in [1.29, 1.82) is 0 Å². The molecule has 0 aliphatic heterocycles. The van der Waals surface area contributed by atoms with Crippen LogP contribution in [0.3, 0.4) is 0 Å². The van der Waals surface area contributed by atoms with Crippen molar-refractivity contribution >= 4 is 11.4 Å². The van der Waals surface area contributed by atoms with Crippen molar-refractivity contribution in [1.82, 2.24) is 0 Å². The van der Waals surface area contributed by atoms with Crippen LogP contribution in [0, 0.1) is 17.0 Å². The van der Waals surface area contributed by atoms with Gasteiger partial charge in [0, 0.05) is 24.4 Å². The highest BCUT2D eigenvalue weighted by molar-refractivity contribution is 5.56. The Morgan fingerprint density at radius 1 is 1.44 bits per heavy atom. The summed E-state index contributed by atoms with van der Waals surface area (Å²) in [6, 6.07) is 4.73. The molecule has 0 spiro atoms. The fraction of sp³-hybridized carbons (Fsp3) is 0.538. The monoisotopic (exact) mass is 250 g/mol. The maximum atomic E-state index is 10.7. The molecule has 1 saturated carbocycles. The van der Waals surface area contributed by atoms with Crippen molar-refractivity contribution in [3.8, 4) is 0 Å². The fourth-order valence-corrected chi connectivity index (χ4v) is 2.38. The second-order valence-electron chi connectivity index (χ2n) is 5.04. The number of hydrogen-bond acceptors (Lipinski definition) is 4. The van der Waals surface area contributed by atoms with Gasteiger partial charge in [0.2, 0.25) is 0 Å². The third kappa shape index (κ3) is 2.79. The standard InChI is InChI=1S/C13H18N2O3/c1-10-4-5-11(15(17)18)8-12(10)14-9-13(16)6-2-3-7-13/h4-5,8,14,16H,2-3,6-7,9H2,1H3. The molecule has 0 heterocycles. The summed E-state index contributed by atoms with van der Waals surface area (Å²) in [7, 11) is 0. The second kappa shape index (κ2) is 4.94. The first kappa shape index (κ1) is 12.8. The van der Waals surface area contributed by atoms with Gasteiger partial charge in [-0.3, -0.25) is 10.1 Å². The summed E-state index contributed by atoms with van der Waals surface area (Å²) in [6.07, 6.45) is 3.69. The molecule has 1 aliphatic rings. The van der Waals surface area contributed by atoms with E-state index in [0.717, 1.165) is 36.9 Å². The SMILES string of the molecule is Cc1ccc([N+](=O)[O-])cc1NCC1(O)CCCC1. The number of hydrogen-bond donors (Lipinski definition) is 2. The number of benzene rings is 1. The van der Waals surface area contributed by atoms with E-state index in [0.29, 0.717) is 6.54 Å². The number of nitro groups is 1. The lowest BCUT2D eigenvalue weighted by Gasteiger charge is -2.23. The largest absolute Gasteiger partial charge is 0.388 e. The quantitative estimate of drug-likeness (QED) is 0.636. The molecule has 1 aromatic carbocycles. The van der Waals surface area contributed by atoms with Crippen LogP contribution in [0.2, 0.25) is 0 Å². The number of non-ortho nitro benzene ring substituents is 1. The number of aryl methyl sites for hydroxylation is 1. The van der Waals surface area contributed by atoms with E-state index in [4.69, 9.17) is 0 Å². The predicted octanol–water partition coefficient (Wildman–Crippen LogP) is 2.62. The Morgan fingerprint density at radius 3 is 2.72 bits per heavy atom. The van der Waals surface area contributed by atoms with Crippen LogP contribution in [0.5, 0.6) is 0 Å². The molecule has 1 aliphatic carbocycles. The molecule has 0 saturated heterocycles. The van der Waals surface area contributed by atoms with Gasteiger partial charge in [-0.25, -0.2) is 0 Å². The van der Waals surface area contributed by atoms with Crippen LogP contribution in [0.25, 0.3) is 0 Å². The number of nitrogens with one attached hydrogen (secondary N) is 1. The lowest BCUT2D eigenvalue weighted by molar-refractivity contribution is -0.384. The molecule has 0 radical (unpaired) electrons. The number of aliphatic hydroxyl groups is 1. The molecule has 5 heteroatoms. The zero-order valence-corrected chi connectivity index (χ0v) is 10.5. The summed E-state index contributed by atoms with van der Waals surface area (Å²) >= 11 is 0.